The van der Waals surface area contributed by atoms with E-state index in [2.05, 4.69) is 26.7 Å². The van der Waals surface area contributed by atoms with Crippen molar-refractivity contribution >= 4 is 5.97 Å². The number of hydrogen-bond donors (Lipinski definition) is 0. The molecule has 0 saturated carbocycles. The molecule has 0 N–H and O–H groups in total. The van der Waals surface area contributed by atoms with Gasteiger partial charge in [0.2, 0.25) is 11.7 Å². The van der Waals surface area contributed by atoms with E-state index in [4.69, 9.17) is 9.26 Å². The predicted molar refractivity (Wildman–Crippen MR) is 60.8 cm³/mol. The lowest BCUT2D eigenvalue weighted by atomic mass is 10.2. The highest BCUT2D eigenvalue weighted by molar-refractivity contribution is 5.71. The average molecular weight is 255 g/mol. The molecule has 0 spiro atoms. The summed E-state index contributed by atoms with van der Waals surface area (Å²) in [5.41, 5.74) is 0. The van der Waals surface area contributed by atoms with Crippen LogP contribution in [0.4, 0.5) is 0 Å². The summed E-state index contributed by atoms with van der Waals surface area (Å²) in [4.78, 5) is 17.5. The van der Waals surface area contributed by atoms with E-state index in [0.717, 1.165) is 19.6 Å². The van der Waals surface area contributed by atoms with Crippen molar-refractivity contribution in [3.05, 3.63) is 11.7 Å². The lowest BCUT2D eigenvalue weighted by Crippen LogP contribution is -2.38. The van der Waals surface area contributed by atoms with Gasteiger partial charge in [0.05, 0.1) is 13.7 Å². The summed E-state index contributed by atoms with van der Waals surface area (Å²) in [6, 6.07) is 0. The van der Waals surface area contributed by atoms with E-state index >= 15 is 0 Å². The van der Waals surface area contributed by atoms with Crippen LogP contribution in [0.1, 0.15) is 24.7 Å². The molecule has 1 unspecified atom stereocenters. The zero-order chi connectivity index (χ0) is 13.0. The normalized spacial score (nSPS) is 20.9. The molecule has 2 heterocycles. The number of hydrogen-bond acceptors (Lipinski definition) is 7. The van der Waals surface area contributed by atoms with Crippen LogP contribution < -0.4 is 0 Å². The first-order valence-electron chi connectivity index (χ1n) is 5.96. The molecule has 0 aromatic carbocycles. The lowest BCUT2D eigenvalue weighted by Gasteiger charge is -2.30. The molecule has 0 radical (unpaired) electrons. The van der Waals surface area contributed by atoms with Crippen LogP contribution in [0.5, 0.6) is 0 Å². The third kappa shape index (κ3) is 3.05. The number of rotatable bonds is 4. The van der Waals surface area contributed by atoms with E-state index < -0.39 is 5.97 Å². The van der Waals surface area contributed by atoms with Gasteiger partial charge < -0.3 is 14.0 Å². The van der Waals surface area contributed by atoms with Gasteiger partial charge in [0, 0.05) is 13.1 Å². The maximum absolute atomic E-state index is 11.1. The van der Waals surface area contributed by atoms with Crippen LogP contribution in [0.2, 0.25) is 0 Å². The molecule has 1 aliphatic heterocycles. The molecule has 0 aliphatic carbocycles. The molecule has 2 rings (SSSR count). The van der Waals surface area contributed by atoms with Crippen molar-refractivity contribution in [1.82, 2.24) is 15.0 Å². The minimum Gasteiger partial charge on any atom is -0.469 e. The fourth-order valence-corrected chi connectivity index (χ4v) is 1.81. The minimum absolute atomic E-state index is 0.00624. The van der Waals surface area contributed by atoms with Crippen molar-refractivity contribution in [2.75, 3.05) is 33.4 Å². The quantitative estimate of drug-likeness (QED) is 0.710. The van der Waals surface area contributed by atoms with Gasteiger partial charge in [-0.3, -0.25) is 9.69 Å². The second kappa shape index (κ2) is 5.92. The molecule has 18 heavy (non-hydrogen) atoms. The van der Waals surface area contributed by atoms with Crippen LogP contribution in [0.15, 0.2) is 4.52 Å². The Morgan fingerprint density at radius 1 is 1.61 bits per heavy atom. The molecule has 1 aromatic rings. The second-order valence-electron chi connectivity index (χ2n) is 4.05. The zero-order valence-corrected chi connectivity index (χ0v) is 10.6. The molecule has 0 bridgehead atoms. The van der Waals surface area contributed by atoms with Crippen LogP contribution in [0, 0.1) is 0 Å². The van der Waals surface area contributed by atoms with E-state index in [1.54, 1.807) is 0 Å². The van der Waals surface area contributed by atoms with Gasteiger partial charge in [-0.15, -0.1) is 0 Å². The van der Waals surface area contributed by atoms with Crippen molar-refractivity contribution in [3.63, 3.8) is 0 Å². The van der Waals surface area contributed by atoms with Crippen LogP contribution >= 0.6 is 0 Å². The highest BCUT2D eigenvalue weighted by atomic mass is 16.5. The number of esters is 1. The van der Waals surface area contributed by atoms with E-state index in [1.807, 2.05) is 0 Å². The van der Waals surface area contributed by atoms with Gasteiger partial charge in [-0.1, -0.05) is 12.1 Å². The Balaban J connectivity index is 1.98. The summed E-state index contributed by atoms with van der Waals surface area (Å²) in [5.74, 6) is 0.353. The van der Waals surface area contributed by atoms with Crippen LogP contribution in [0.3, 0.4) is 0 Å². The van der Waals surface area contributed by atoms with Gasteiger partial charge in [-0.05, 0) is 6.54 Å². The van der Waals surface area contributed by atoms with E-state index in [-0.39, 0.29) is 18.4 Å². The van der Waals surface area contributed by atoms with Crippen LogP contribution in [0.25, 0.3) is 0 Å². The molecule has 1 aromatic heterocycles. The Labute approximate surface area is 105 Å². The molecular weight excluding hydrogens is 238 g/mol. The molecule has 7 nitrogen and oxygen atoms in total. The minimum atomic E-state index is -0.398. The van der Waals surface area contributed by atoms with Gasteiger partial charge in [0.1, 0.15) is 12.5 Å². The molecule has 0 amide bonds. The maximum Gasteiger partial charge on any atom is 0.315 e. The monoisotopic (exact) mass is 255 g/mol. The van der Waals surface area contributed by atoms with Crippen molar-refractivity contribution in [2.45, 2.75) is 19.4 Å². The standard InChI is InChI=1S/C11H17N3O4/c1-3-14-4-5-17-8(7-14)11-12-9(18-13-11)6-10(15)16-2/h8H,3-7H2,1-2H3. The maximum atomic E-state index is 11.1. The molecule has 100 valence electrons. The first-order chi connectivity index (χ1) is 8.72. The lowest BCUT2D eigenvalue weighted by molar-refractivity contribution is -0.140. The molecule has 7 heteroatoms. The van der Waals surface area contributed by atoms with Gasteiger partial charge in [-0.2, -0.15) is 4.98 Å². The molecular formula is C11H17N3O4. The number of methoxy groups -OCH3 is 1. The first kappa shape index (κ1) is 13.0. The SMILES string of the molecule is CCN1CCOC(c2noc(CC(=O)OC)n2)C1. The summed E-state index contributed by atoms with van der Waals surface area (Å²) >= 11 is 0. The highest BCUT2D eigenvalue weighted by Crippen LogP contribution is 2.19. The smallest absolute Gasteiger partial charge is 0.315 e. The highest BCUT2D eigenvalue weighted by Gasteiger charge is 2.25. The van der Waals surface area contributed by atoms with Gasteiger partial charge >= 0.3 is 5.97 Å². The summed E-state index contributed by atoms with van der Waals surface area (Å²) in [6.45, 7) is 5.38. The topological polar surface area (TPSA) is 77.7 Å². The third-order valence-electron chi connectivity index (χ3n) is 2.89. The summed E-state index contributed by atoms with van der Waals surface area (Å²) < 4.78 is 15.1. The Hall–Kier alpha value is -1.47. The summed E-state index contributed by atoms with van der Waals surface area (Å²) in [6.07, 6.45) is -0.192. The number of aromatic nitrogens is 2. The van der Waals surface area contributed by atoms with Crippen molar-refractivity contribution in [3.8, 4) is 0 Å². The second-order valence-corrected chi connectivity index (χ2v) is 4.05. The number of likely N-dealkylation sites (N-methyl/N-ethyl adjacent to an activating group) is 1. The summed E-state index contributed by atoms with van der Waals surface area (Å²) in [7, 11) is 1.32. The largest absolute Gasteiger partial charge is 0.469 e. The number of ether oxygens (including phenoxy) is 2. The Kier molecular flexibility index (Phi) is 4.27. The van der Waals surface area contributed by atoms with Gasteiger partial charge in [-0.25, -0.2) is 0 Å². The Morgan fingerprint density at radius 2 is 2.44 bits per heavy atom. The number of carbonyl (C=O) groups excluding carboxylic acids is 1. The summed E-state index contributed by atoms with van der Waals surface area (Å²) in [5, 5.41) is 3.85. The van der Waals surface area contributed by atoms with Crippen LogP contribution in [-0.4, -0.2) is 54.4 Å². The molecule has 1 atom stereocenters. The molecule has 1 aliphatic rings. The number of carbonyl (C=O) groups is 1. The molecule has 1 saturated heterocycles. The number of nitrogens with zero attached hydrogens (tertiary/aromatic N) is 3. The van der Waals surface area contributed by atoms with Gasteiger partial charge in [0.15, 0.2) is 0 Å². The van der Waals surface area contributed by atoms with Gasteiger partial charge in [0.25, 0.3) is 0 Å². The fraction of sp³-hybridized carbons (Fsp3) is 0.727. The Bertz CT molecular complexity index is 407. The van der Waals surface area contributed by atoms with E-state index in [9.17, 15) is 4.79 Å². The van der Waals surface area contributed by atoms with Crippen LogP contribution in [-0.2, 0) is 20.7 Å². The average Bonchev–Trinajstić information content (AvgIpc) is 2.87. The van der Waals surface area contributed by atoms with Crippen molar-refractivity contribution < 1.29 is 18.8 Å². The zero-order valence-electron chi connectivity index (χ0n) is 10.6. The Morgan fingerprint density at radius 3 is 3.17 bits per heavy atom. The first-order valence-corrected chi connectivity index (χ1v) is 5.96. The molecule has 1 fully saturated rings. The fourth-order valence-electron chi connectivity index (χ4n) is 1.81. The van der Waals surface area contributed by atoms with E-state index in [0.29, 0.717) is 12.4 Å². The number of morpholine rings is 1. The predicted octanol–water partition coefficient (Wildman–Crippen LogP) is 0.178. The van der Waals surface area contributed by atoms with E-state index in [1.165, 1.54) is 7.11 Å². The van der Waals surface area contributed by atoms with Crippen molar-refractivity contribution in [1.29, 1.82) is 0 Å². The third-order valence-corrected chi connectivity index (χ3v) is 2.89. The van der Waals surface area contributed by atoms with Crippen molar-refractivity contribution in [2.24, 2.45) is 0 Å².